The van der Waals surface area contributed by atoms with E-state index < -0.39 is 0 Å². The Bertz CT molecular complexity index is 2430. The van der Waals surface area contributed by atoms with Gasteiger partial charge in [0.05, 0.1) is 0 Å². The van der Waals surface area contributed by atoms with Crippen molar-refractivity contribution < 1.29 is 4.42 Å². The molecule has 2 nitrogen and oxygen atoms in total. The Balaban J connectivity index is 1.34. The van der Waals surface area contributed by atoms with Gasteiger partial charge in [0.25, 0.3) is 0 Å². The van der Waals surface area contributed by atoms with E-state index >= 15 is 0 Å². The summed E-state index contributed by atoms with van der Waals surface area (Å²) in [6.45, 7) is 0. The molecule has 9 rings (SSSR count). The summed E-state index contributed by atoms with van der Waals surface area (Å²) in [6.07, 6.45) is 0. The Morgan fingerprint density at radius 1 is 0.463 bits per heavy atom. The van der Waals surface area contributed by atoms with Gasteiger partial charge in [-0.3, -0.25) is 0 Å². The van der Waals surface area contributed by atoms with E-state index in [1.165, 1.54) is 40.8 Å². The summed E-state index contributed by atoms with van der Waals surface area (Å²) in [7, 11) is 0. The molecular weight excluding hydrogens is 565 g/mol. The summed E-state index contributed by atoms with van der Waals surface area (Å²) in [5.74, 6) is 0. The molecule has 0 saturated heterocycles. The van der Waals surface area contributed by atoms with Crippen molar-refractivity contribution in [1.29, 1.82) is 0 Å². The SMILES string of the molecule is c1ccc(N(c2ccc3c(c2)oc2ccccc23)c2cccc3c2ccc2ccc4c5ccccc5[se]c4c23)cc1. The molecule has 0 atom stereocenters. The van der Waals surface area contributed by atoms with Crippen LogP contribution in [0, 0.1) is 0 Å². The van der Waals surface area contributed by atoms with Crippen molar-refractivity contribution in [3.05, 3.63) is 140 Å². The average molecular weight is 589 g/mol. The van der Waals surface area contributed by atoms with Gasteiger partial charge >= 0.3 is 231 Å². The van der Waals surface area contributed by atoms with Crippen molar-refractivity contribution in [2.45, 2.75) is 0 Å². The Kier molecular flexibility index (Phi) is 4.95. The molecule has 0 spiro atoms. The Morgan fingerprint density at radius 2 is 1.17 bits per heavy atom. The van der Waals surface area contributed by atoms with E-state index in [2.05, 4.69) is 132 Å². The van der Waals surface area contributed by atoms with Gasteiger partial charge in [-0.2, -0.15) is 0 Å². The topological polar surface area (TPSA) is 16.4 Å². The van der Waals surface area contributed by atoms with Crippen LogP contribution in [0.2, 0.25) is 0 Å². The first-order valence-electron chi connectivity index (χ1n) is 13.9. The molecule has 2 aromatic heterocycles. The summed E-state index contributed by atoms with van der Waals surface area (Å²) >= 11 is 0.279. The van der Waals surface area contributed by atoms with Crippen LogP contribution < -0.4 is 4.90 Å². The van der Waals surface area contributed by atoms with Crippen molar-refractivity contribution >= 4 is 94.3 Å². The fourth-order valence-corrected chi connectivity index (χ4v) is 9.06. The zero-order valence-electron chi connectivity index (χ0n) is 22.0. The van der Waals surface area contributed by atoms with E-state index in [4.69, 9.17) is 4.42 Å². The molecule has 7 aromatic carbocycles. The van der Waals surface area contributed by atoms with Crippen molar-refractivity contribution in [3.63, 3.8) is 0 Å². The fourth-order valence-electron chi connectivity index (χ4n) is 6.39. The second-order valence-corrected chi connectivity index (χ2v) is 12.7. The van der Waals surface area contributed by atoms with Gasteiger partial charge in [0.1, 0.15) is 0 Å². The molecule has 0 aliphatic heterocycles. The van der Waals surface area contributed by atoms with Gasteiger partial charge in [0.2, 0.25) is 0 Å². The predicted octanol–water partition coefficient (Wildman–Crippen LogP) is 10.7. The average Bonchev–Trinajstić information content (AvgIpc) is 3.59. The molecule has 0 saturated carbocycles. The zero-order chi connectivity index (χ0) is 26.9. The van der Waals surface area contributed by atoms with Crippen molar-refractivity contribution in [1.82, 2.24) is 0 Å². The normalized spacial score (nSPS) is 11.9. The molecule has 0 amide bonds. The summed E-state index contributed by atoms with van der Waals surface area (Å²) in [5.41, 5.74) is 5.16. The van der Waals surface area contributed by atoms with Crippen LogP contribution in [0.15, 0.2) is 144 Å². The molecule has 0 aliphatic rings. The number of fused-ring (bicyclic) bond motifs is 10. The summed E-state index contributed by atoms with van der Waals surface area (Å²) < 4.78 is 9.28. The van der Waals surface area contributed by atoms with Gasteiger partial charge in [0.15, 0.2) is 0 Å². The molecule has 3 heteroatoms. The van der Waals surface area contributed by atoms with E-state index in [0.717, 1.165) is 39.0 Å². The molecule has 2 heterocycles. The third-order valence-electron chi connectivity index (χ3n) is 8.24. The molecule has 192 valence electrons. The predicted molar refractivity (Wildman–Crippen MR) is 175 cm³/mol. The number of furan rings is 1. The summed E-state index contributed by atoms with van der Waals surface area (Å²) in [4.78, 5) is 2.36. The number of para-hydroxylation sites is 2. The Hall–Kier alpha value is -4.82. The minimum absolute atomic E-state index is 0.279. The molecular formula is C38H23NOSe. The fraction of sp³-hybridized carbons (Fsp3) is 0. The molecule has 0 bridgehead atoms. The first-order valence-corrected chi connectivity index (χ1v) is 15.6. The number of rotatable bonds is 3. The van der Waals surface area contributed by atoms with E-state index in [0.29, 0.717) is 0 Å². The van der Waals surface area contributed by atoms with Crippen molar-refractivity contribution in [2.24, 2.45) is 0 Å². The number of nitrogens with zero attached hydrogens (tertiary/aromatic N) is 1. The third-order valence-corrected chi connectivity index (χ3v) is 10.8. The number of hydrogen-bond acceptors (Lipinski definition) is 2. The van der Waals surface area contributed by atoms with Gasteiger partial charge in [-0.25, -0.2) is 0 Å². The molecule has 0 aliphatic carbocycles. The molecule has 9 aromatic rings. The van der Waals surface area contributed by atoms with E-state index in [-0.39, 0.29) is 14.5 Å². The van der Waals surface area contributed by atoms with Crippen LogP contribution in [0.1, 0.15) is 0 Å². The summed E-state index contributed by atoms with van der Waals surface area (Å²) in [6, 6.07) is 50.4. The van der Waals surface area contributed by atoms with Gasteiger partial charge in [-0.05, 0) is 0 Å². The van der Waals surface area contributed by atoms with Crippen LogP contribution in [0.25, 0.3) is 62.8 Å². The van der Waals surface area contributed by atoms with E-state index in [1.807, 2.05) is 12.1 Å². The zero-order valence-corrected chi connectivity index (χ0v) is 23.8. The standard InChI is InChI=1S/C38H23NOSe/c1-2-9-25(10-3-1)39(26-19-22-29-28-11-4-6-15-34(28)40-35(29)23-26)33-14-8-13-31-27(33)20-17-24-18-21-32-30-12-5-7-16-36(30)41-38(32)37(24)31/h1-23H. The first kappa shape index (κ1) is 22.9. The van der Waals surface area contributed by atoms with Crippen LogP contribution >= 0.6 is 0 Å². The monoisotopic (exact) mass is 589 g/mol. The summed E-state index contributed by atoms with van der Waals surface area (Å²) in [5, 5.41) is 10.3. The molecule has 0 radical (unpaired) electrons. The van der Waals surface area contributed by atoms with E-state index in [1.54, 1.807) is 0 Å². The molecule has 0 unspecified atom stereocenters. The second-order valence-electron chi connectivity index (χ2n) is 10.5. The molecule has 41 heavy (non-hydrogen) atoms. The van der Waals surface area contributed by atoms with Gasteiger partial charge < -0.3 is 0 Å². The van der Waals surface area contributed by atoms with Crippen LogP contribution in [-0.4, -0.2) is 14.5 Å². The van der Waals surface area contributed by atoms with Crippen LogP contribution in [0.3, 0.4) is 0 Å². The number of anilines is 3. The number of benzene rings is 7. The van der Waals surface area contributed by atoms with Crippen LogP contribution in [0.4, 0.5) is 17.1 Å². The third kappa shape index (κ3) is 3.44. The van der Waals surface area contributed by atoms with Gasteiger partial charge in [0, 0.05) is 0 Å². The maximum absolute atomic E-state index is 6.32. The van der Waals surface area contributed by atoms with Crippen molar-refractivity contribution in [3.8, 4) is 0 Å². The number of hydrogen-bond donors (Lipinski definition) is 0. The van der Waals surface area contributed by atoms with Crippen LogP contribution in [-0.2, 0) is 0 Å². The maximum atomic E-state index is 6.32. The second kappa shape index (κ2) is 8.84. The first-order chi connectivity index (χ1) is 20.3. The van der Waals surface area contributed by atoms with Gasteiger partial charge in [-0.15, -0.1) is 0 Å². The Morgan fingerprint density at radius 3 is 2.07 bits per heavy atom. The van der Waals surface area contributed by atoms with Crippen molar-refractivity contribution in [2.75, 3.05) is 4.90 Å². The Labute approximate surface area is 242 Å². The minimum atomic E-state index is 0.279. The van der Waals surface area contributed by atoms with Crippen LogP contribution in [0.5, 0.6) is 0 Å². The molecule has 0 fully saturated rings. The van der Waals surface area contributed by atoms with Gasteiger partial charge in [-0.1, -0.05) is 12.1 Å². The molecule has 0 N–H and O–H groups in total. The quantitative estimate of drug-likeness (QED) is 0.151. The van der Waals surface area contributed by atoms with E-state index in [9.17, 15) is 0 Å².